The van der Waals surface area contributed by atoms with Crippen LogP contribution in [0.4, 0.5) is 5.69 Å². The van der Waals surface area contributed by atoms with Crippen LogP contribution < -0.4 is 21.3 Å². The molecule has 0 saturated heterocycles. The SMILES string of the molecule is COc1ccc(C)cc1NC(=NC1CCCC1)NN. The lowest BCUT2D eigenvalue weighted by atomic mass is 10.2. The fourth-order valence-corrected chi connectivity index (χ4v) is 2.37. The maximum absolute atomic E-state index is 5.54. The summed E-state index contributed by atoms with van der Waals surface area (Å²) in [5, 5.41) is 3.20. The number of anilines is 1. The molecular formula is C14H22N4O. The molecule has 2 rings (SSSR count). The van der Waals surface area contributed by atoms with E-state index in [1.807, 2.05) is 25.1 Å². The van der Waals surface area contributed by atoms with Gasteiger partial charge in [-0.25, -0.2) is 10.8 Å². The number of methoxy groups -OCH3 is 1. The Balaban J connectivity index is 2.15. The number of rotatable bonds is 3. The smallest absolute Gasteiger partial charge is 0.210 e. The monoisotopic (exact) mass is 262 g/mol. The van der Waals surface area contributed by atoms with Gasteiger partial charge in [-0.15, -0.1) is 0 Å². The summed E-state index contributed by atoms with van der Waals surface area (Å²) in [4.78, 5) is 4.61. The lowest BCUT2D eigenvalue weighted by Gasteiger charge is -2.14. The minimum Gasteiger partial charge on any atom is -0.495 e. The largest absolute Gasteiger partial charge is 0.495 e. The van der Waals surface area contributed by atoms with E-state index in [-0.39, 0.29) is 0 Å². The Kier molecular flexibility index (Phi) is 4.63. The highest BCUT2D eigenvalue weighted by Crippen LogP contribution is 2.26. The Morgan fingerprint density at radius 3 is 2.74 bits per heavy atom. The summed E-state index contributed by atoms with van der Waals surface area (Å²) in [6.45, 7) is 2.04. The molecular weight excluding hydrogens is 240 g/mol. The first-order valence-corrected chi connectivity index (χ1v) is 6.69. The number of hydrazine groups is 1. The van der Waals surface area contributed by atoms with Crippen LogP contribution >= 0.6 is 0 Å². The number of ether oxygens (including phenoxy) is 1. The highest BCUT2D eigenvalue weighted by atomic mass is 16.5. The van der Waals surface area contributed by atoms with Crippen molar-refractivity contribution in [1.82, 2.24) is 5.43 Å². The molecule has 0 spiro atoms. The number of benzene rings is 1. The molecule has 0 heterocycles. The molecule has 4 N–H and O–H groups in total. The fraction of sp³-hybridized carbons (Fsp3) is 0.500. The number of nitrogens with one attached hydrogen (secondary N) is 2. The molecule has 1 aliphatic rings. The summed E-state index contributed by atoms with van der Waals surface area (Å²) >= 11 is 0. The zero-order chi connectivity index (χ0) is 13.7. The summed E-state index contributed by atoms with van der Waals surface area (Å²) in [6, 6.07) is 6.32. The molecule has 19 heavy (non-hydrogen) atoms. The molecule has 1 fully saturated rings. The predicted octanol–water partition coefficient (Wildman–Crippen LogP) is 2.18. The summed E-state index contributed by atoms with van der Waals surface area (Å²) in [5.74, 6) is 6.92. The van der Waals surface area contributed by atoms with Gasteiger partial charge < -0.3 is 10.1 Å². The standard InChI is InChI=1S/C14H22N4O/c1-10-7-8-13(19-2)12(9-10)17-14(18-15)16-11-5-3-4-6-11/h7-9,11H,3-6,15H2,1-2H3,(H2,16,17,18). The first-order valence-electron chi connectivity index (χ1n) is 6.69. The van der Waals surface area contributed by atoms with Gasteiger partial charge in [-0.3, -0.25) is 5.43 Å². The van der Waals surface area contributed by atoms with Gasteiger partial charge in [0.1, 0.15) is 5.75 Å². The zero-order valence-electron chi connectivity index (χ0n) is 11.6. The van der Waals surface area contributed by atoms with E-state index in [4.69, 9.17) is 10.6 Å². The number of nitrogens with zero attached hydrogens (tertiary/aromatic N) is 1. The highest BCUT2D eigenvalue weighted by molar-refractivity contribution is 5.94. The van der Waals surface area contributed by atoms with E-state index < -0.39 is 0 Å². The quantitative estimate of drug-likeness (QED) is 0.338. The third kappa shape index (κ3) is 3.61. The van der Waals surface area contributed by atoms with Crippen molar-refractivity contribution in [3.63, 3.8) is 0 Å². The molecule has 5 nitrogen and oxygen atoms in total. The van der Waals surface area contributed by atoms with Crippen molar-refractivity contribution in [3.8, 4) is 5.75 Å². The van der Waals surface area contributed by atoms with Gasteiger partial charge in [-0.05, 0) is 37.5 Å². The number of aliphatic imine (C=N–C) groups is 1. The van der Waals surface area contributed by atoms with Crippen molar-refractivity contribution in [3.05, 3.63) is 23.8 Å². The second kappa shape index (κ2) is 6.43. The second-order valence-electron chi connectivity index (χ2n) is 4.89. The molecule has 1 aliphatic carbocycles. The van der Waals surface area contributed by atoms with E-state index >= 15 is 0 Å². The number of hydrogen-bond acceptors (Lipinski definition) is 3. The average molecular weight is 262 g/mol. The molecule has 0 atom stereocenters. The van der Waals surface area contributed by atoms with Crippen molar-refractivity contribution in [1.29, 1.82) is 0 Å². The number of hydrogen-bond donors (Lipinski definition) is 3. The van der Waals surface area contributed by atoms with Gasteiger partial charge in [0.25, 0.3) is 0 Å². The van der Waals surface area contributed by atoms with Gasteiger partial charge in [0, 0.05) is 0 Å². The summed E-state index contributed by atoms with van der Waals surface area (Å²) in [5.41, 5.74) is 4.66. The summed E-state index contributed by atoms with van der Waals surface area (Å²) < 4.78 is 5.33. The third-order valence-electron chi connectivity index (χ3n) is 3.38. The molecule has 1 aromatic rings. The molecule has 5 heteroatoms. The van der Waals surface area contributed by atoms with E-state index in [9.17, 15) is 0 Å². The fourth-order valence-electron chi connectivity index (χ4n) is 2.37. The minimum absolute atomic E-state index is 0.370. The summed E-state index contributed by atoms with van der Waals surface area (Å²) in [7, 11) is 1.65. The minimum atomic E-state index is 0.370. The average Bonchev–Trinajstić information content (AvgIpc) is 2.91. The molecule has 104 valence electrons. The molecule has 0 aliphatic heterocycles. The van der Waals surface area contributed by atoms with Crippen molar-refractivity contribution < 1.29 is 4.74 Å². The lowest BCUT2D eigenvalue weighted by Crippen LogP contribution is -2.37. The molecule has 0 radical (unpaired) electrons. The highest BCUT2D eigenvalue weighted by Gasteiger charge is 2.15. The Labute approximate surface area is 114 Å². The normalized spacial score (nSPS) is 16.5. The molecule has 0 bridgehead atoms. The van der Waals surface area contributed by atoms with Crippen LogP contribution in [0.5, 0.6) is 5.75 Å². The predicted molar refractivity (Wildman–Crippen MR) is 78.4 cm³/mol. The van der Waals surface area contributed by atoms with E-state index in [1.165, 1.54) is 12.8 Å². The Hall–Kier alpha value is -1.75. The Morgan fingerprint density at radius 1 is 1.37 bits per heavy atom. The van der Waals surface area contributed by atoms with Crippen LogP contribution in [0.3, 0.4) is 0 Å². The third-order valence-corrected chi connectivity index (χ3v) is 3.38. The molecule has 0 unspecified atom stereocenters. The van der Waals surface area contributed by atoms with Crippen LogP contribution in [0, 0.1) is 6.92 Å². The number of aryl methyl sites for hydroxylation is 1. The maximum Gasteiger partial charge on any atom is 0.210 e. The van der Waals surface area contributed by atoms with E-state index in [0.29, 0.717) is 12.0 Å². The number of nitrogens with two attached hydrogens (primary N) is 1. The van der Waals surface area contributed by atoms with Crippen LogP contribution in [0.25, 0.3) is 0 Å². The van der Waals surface area contributed by atoms with Gasteiger partial charge in [-0.1, -0.05) is 18.9 Å². The van der Waals surface area contributed by atoms with Crippen LogP contribution in [-0.2, 0) is 0 Å². The van der Waals surface area contributed by atoms with Gasteiger partial charge >= 0.3 is 0 Å². The summed E-state index contributed by atoms with van der Waals surface area (Å²) in [6.07, 6.45) is 4.77. The molecule has 1 aromatic carbocycles. The second-order valence-corrected chi connectivity index (χ2v) is 4.89. The Morgan fingerprint density at radius 2 is 2.11 bits per heavy atom. The first-order chi connectivity index (χ1) is 9.22. The lowest BCUT2D eigenvalue weighted by molar-refractivity contribution is 0.417. The first kappa shape index (κ1) is 13.7. The van der Waals surface area contributed by atoms with Crippen molar-refractivity contribution in [2.75, 3.05) is 12.4 Å². The zero-order valence-corrected chi connectivity index (χ0v) is 11.6. The van der Waals surface area contributed by atoms with Crippen LogP contribution in [-0.4, -0.2) is 19.1 Å². The van der Waals surface area contributed by atoms with Crippen molar-refractivity contribution in [2.24, 2.45) is 10.8 Å². The van der Waals surface area contributed by atoms with Gasteiger partial charge in [0.2, 0.25) is 5.96 Å². The van der Waals surface area contributed by atoms with Gasteiger partial charge in [0.05, 0.1) is 18.8 Å². The van der Waals surface area contributed by atoms with Crippen molar-refractivity contribution in [2.45, 2.75) is 38.6 Å². The molecule has 1 saturated carbocycles. The van der Waals surface area contributed by atoms with Crippen LogP contribution in [0.2, 0.25) is 0 Å². The van der Waals surface area contributed by atoms with E-state index in [1.54, 1.807) is 7.11 Å². The number of guanidine groups is 1. The van der Waals surface area contributed by atoms with E-state index in [2.05, 4.69) is 15.7 Å². The van der Waals surface area contributed by atoms with Crippen LogP contribution in [0.15, 0.2) is 23.2 Å². The topological polar surface area (TPSA) is 71.7 Å². The Bertz CT molecular complexity index is 453. The van der Waals surface area contributed by atoms with Crippen LogP contribution in [0.1, 0.15) is 31.2 Å². The van der Waals surface area contributed by atoms with Gasteiger partial charge in [-0.2, -0.15) is 0 Å². The molecule has 0 aromatic heterocycles. The molecule has 0 amide bonds. The van der Waals surface area contributed by atoms with Crippen molar-refractivity contribution >= 4 is 11.6 Å². The van der Waals surface area contributed by atoms with E-state index in [0.717, 1.165) is 29.8 Å². The van der Waals surface area contributed by atoms with Gasteiger partial charge in [0.15, 0.2) is 0 Å². The maximum atomic E-state index is 5.54.